The van der Waals surface area contributed by atoms with Crippen LogP contribution < -0.4 is 0 Å². The van der Waals surface area contributed by atoms with Gasteiger partial charge in [0, 0.05) is 0 Å². The molecule has 0 radical (unpaired) electrons. The minimum Gasteiger partial charge on any atom is -0.499 e. The summed E-state index contributed by atoms with van der Waals surface area (Å²) in [7, 11) is 1.55. The first-order chi connectivity index (χ1) is 9.26. The second-order valence-corrected chi connectivity index (χ2v) is 4.36. The topological polar surface area (TPSA) is 62.2 Å². The summed E-state index contributed by atoms with van der Waals surface area (Å²) in [6.07, 6.45) is 0.820. The Morgan fingerprint density at radius 2 is 2.16 bits per heavy atom. The van der Waals surface area contributed by atoms with E-state index in [-0.39, 0.29) is 6.61 Å². The molecule has 19 heavy (non-hydrogen) atoms. The first-order valence-corrected chi connectivity index (χ1v) is 6.22. The highest BCUT2D eigenvalue weighted by atomic mass is 16.7. The molecule has 1 aromatic rings. The highest BCUT2D eigenvalue weighted by Crippen LogP contribution is 2.22. The summed E-state index contributed by atoms with van der Waals surface area (Å²) in [6, 6.07) is 9.31. The van der Waals surface area contributed by atoms with Crippen molar-refractivity contribution >= 4 is 0 Å². The number of hydrogen-bond donors (Lipinski definition) is 2. The Labute approximate surface area is 112 Å². The van der Waals surface area contributed by atoms with Gasteiger partial charge in [0.15, 0.2) is 0 Å². The van der Waals surface area contributed by atoms with Crippen molar-refractivity contribution in [3.63, 3.8) is 0 Å². The Morgan fingerprint density at radius 1 is 1.42 bits per heavy atom. The van der Waals surface area contributed by atoms with E-state index < -0.39 is 12.1 Å². The van der Waals surface area contributed by atoms with Crippen molar-refractivity contribution in [2.45, 2.75) is 18.7 Å². The fraction of sp³-hybridized carbons (Fsp3) is 0.429. The van der Waals surface area contributed by atoms with Crippen LogP contribution in [0.5, 0.6) is 0 Å². The third-order valence-corrected chi connectivity index (χ3v) is 3.10. The lowest BCUT2D eigenvalue weighted by Crippen LogP contribution is -2.48. The summed E-state index contributed by atoms with van der Waals surface area (Å²) >= 11 is 0. The second kappa shape index (κ2) is 6.68. The van der Waals surface area contributed by atoms with E-state index in [1.807, 2.05) is 30.3 Å². The lowest BCUT2D eigenvalue weighted by atomic mass is 10.1. The van der Waals surface area contributed by atoms with Gasteiger partial charge in [-0.25, -0.2) is 0 Å². The zero-order valence-electron chi connectivity index (χ0n) is 10.9. The van der Waals surface area contributed by atoms with Gasteiger partial charge in [0.25, 0.3) is 0 Å². The predicted molar refractivity (Wildman–Crippen MR) is 69.9 cm³/mol. The minimum absolute atomic E-state index is 0.347. The maximum Gasteiger partial charge on any atom is 0.121 e. The first-order valence-electron chi connectivity index (χ1n) is 6.22. The monoisotopic (exact) mass is 265 g/mol. The molecular formula is C14H19NO4. The van der Waals surface area contributed by atoms with Crippen molar-refractivity contribution in [2.24, 2.45) is 0 Å². The first kappa shape index (κ1) is 14.0. The fourth-order valence-corrected chi connectivity index (χ4v) is 2.15. The smallest absolute Gasteiger partial charge is 0.121 e. The Morgan fingerprint density at radius 3 is 2.79 bits per heavy atom. The molecule has 2 atom stereocenters. The van der Waals surface area contributed by atoms with Gasteiger partial charge in [-0.1, -0.05) is 30.3 Å². The minimum atomic E-state index is -0.949. The molecule has 1 heterocycles. The van der Waals surface area contributed by atoms with Crippen molar-refractivity contribution in [1.82, 2.24) is 5.06 Å². The number of hydrogen-bond acceptors (Lipinski definition) is 5. The van der Waals surface area contributed by atoms with Crippen LogP contribution in [0.3, 0.4) is 0 Å². The maximum absolute atomic E-state index is 9.94. The Hall–Kier alpha value is -1.40. The van der Waals surface area contributed by atoms with Gasteiger partial charge in [0.2, 0.25) is 0 Å². The van der Waals surface area contributed by atoms with E-state index in [2.05, 4.69) is 0 Å². The van der Waals surface area contributed by atoms with Crippen molar-refractivity contribution in [1.29, 1.82) is 0 Å². The number of rotatable bonds is 5. The van der Waals surface area contributed by atoms with Crippen LogP contribution in [0, 0.1) is 0 Å². The van der Waals surface area contributed by atoms with Crippen LogP contribution in [0.4, 0.5) is 0 Å². The largest absolute Gasteiger partial charge is 0.499 e. The van der Waals surface area contributed by atoms with E-state index in [1.54, 1.807) is 18.2 Å². The second-order valence-electron chi connectivity index (χ2n) is 4.36. The van der Waals surface area contributed by atoms with Gasteiger partial charge in [-0.2, -0.15) is 5.06 Å². The fourth-order valence-electron chi connectivity index (χ4n) is 2.15. The van der Waals surface area contributed by atoms with Crippen LogP contribution in [0.1, 0.15) is 5.56 Å². The lowest BCUT2D eigenvalue weighted by molar-refractivity contribution is -0.215. The van der Waals surface area contributed by atoms with E-state index in [0.29, 0.717) is 18.9 Å². The molecule has 1 aromatic carbocycles. The van der Waals surface area contributed by atoms with Crippen molar-refractivity contribution in [2.75, 3.05) is 20.3 Å². The number of hydroxylamine groups is 2. The zero-order valence-corrected chi connectivity index (χ0v) is 10.9. The average Bonchev–Trinajstić information content (AvgIpc) is 2.47. The lowest BCUT2D eigenvalue weighted by Gasteiger charge is -2.36. The van der Waals surface area contributed by atoms with Gasteiger partial charge < -0.3 is 14.9 Å². The zero-order chi connectivity index (χ0) is 13.7. The van der Waals surface area contributed by atoms with E-state index >= 15 is 0 Å². The van der Waals surface area contributed by atoms with Crippen LogP contribution >= 0.6 is 0 Å². The van der Waals surface area contributed by atoms with Gasteiger partial charge in [0.1, 0.15) is 17.9 Å². The third kappa shape index (κ3) is 3.33. The number of aliphatic hydroxyl groups is 2. The number of benzene rings is 1. The molecule has 0 aliphatic carbocycles. The van der Waals surface area contributed by atoms with Crippen LogP contribution in [-0.2, 0) is 16.1 Å². The van der Waals surface area contributed by atoms with Crippen molar-refractivity contribution in [3.05, 3.63) is 47.7 Å². The molecule has 2 rings (SSSR count). The summed E-state index contributed by atoms with van der Waals surface area (Å²) in [5, 5.41) is 20.8. The highest BCUT2D eigenvalue weighted by molar-refractivity contribution is 5.16. The third-order valence-electron chi connectivity index (χ3n) is 3.10. The van der Waals surface area contributed by atoms with Crippen LogP contribution in [-0.4, -0.2) is 47.7 Å². The van der Waals surface area contributed by atoms with Crippen molar-refractivity contribution in [3.8, 4) is 0 Å². The molecule has 0 aromatic heterocycles. The van der Waals surface area contributed by atoms with E-state index in [4.69, 9.17) is 14.7 Å². The Balaban J connectivity index is 2.16. The van der Waals surface area contributed by atoms with Gasteiger partial charge >= 0.3 is 0 Å². The van der Waals surface area contributed by atoms with Crippen LogP contribution in [0.15, 0.2) is 42.2 Å². The van der Waals surface area contributed by atoms with Crippen LogP contribution in [0.2, 0.25) is 0 Å². The molecule has 0 bridgehead atoms. The average molecular weight is 265 g/mol. The normalized spacial score (nSPS) is 21.8. The summed E-state index contributed by atoms with van der Waals surface area (Å²) in [6.45, 7) is 0.563. The summed E-state index contributed by atoms with van der Waals surface area (Å²) in [4.78, 5) is 5.56. The number of ether oxygens (including phenoxy) is 1. The van der Waals surface area contributed by atoms with E-state index in [1.165, 1.54) is 0 Å². The molecule has 0 fully saturated rings. The molecule has 2 N–H and O–H groups in total. The summed E-state index contributed by atoms with van der Waals surface area (Å²) in [5.74, 6) is 0.615. The Kier molecular flexibility index (Phi) is 4.93. The molecule has 0 amide bonds. The highest BCUT2D eigenvalue weighted by Gasteiger charge is 2.33. The van der Waals surface area contributed by atoms with Gasteiger partial charge in [-0.3, -0.25) is 4.84 Å². The number of methoxy groups -OCH3 is 1. The number of nitrogens with zero attached hydrogens (tertiary/aromatic N) is 1. The van der Waals surface area contributed by atoms with Crippen LogP contribution in [0.25, 0.3) is 0 Å². The summed E-state index contributed by atoms with van der Waals surface area (Å²) in [5.41, 5.74) is 1.06. The SMILES string of the molecule is COC1=CCON(Cc2ccccc2)[C@H]1[C@H](O)CO. The molecule has 0 saturated carbocycles. The molecule has 5 nitrogen and oxygen atoms in total. The molecule has 1 aliphatic rings. The predicted octanol–water partition coefficient (Wildman–Crippen LogP) is 0.686. The van der Waals surface area contributed by atoms with E-state index in [0.717, 1.165) is 5.56 Å². The number of aliphatic hydroxyl groups excluding tert-OH is 2. The van der Waals surface area contributed by atoms with Gasteiger partial charge in [-0.15, -0.1) is 0 Å². The van der Waals surface area contributed by atoms with Gasteiger partial charge in [-0.05, 0) is 11.6 Å². The maximum atomic E-state index is 9.94. The van der Waals surface area contributed by atoms with Gasteiger partial charge in [0.05, 0.1) is 26.9 Å². The molecule has 104 valence electrons. The molecule has 0 unspecified atom stereocenters. The molecule has 1 aliphatic heterocycles. The van der Waals surface area contributed by atoms with E-state index in [9.17, 15) is 5.11 Å². The quantitative estimate of drug-likeness (QED) is 0.820. The summed E-state index contributed by atoms with van der Waals surface area (Å²) < 4.78 is 5.26. The van der Waals surface area contributed by atoms with Crippen molar-refractivity contribution < 1.29 is 19.8 Å². The molecule has 5 heteroatoms. The molecule has 0 spiro atoms. The molecule has 0 saturated heterocycles. The molecular weight excluding hydrogens is 246 g/mol. The standard InChI is InChI=1S/C14H19NO4/c1-18-13-7-8-19-15(14(13)12(17)10-16)9-11-5-3-2-4-6-11/h2-7,12,14,16-17H,8-10H2,1H3/t12-,14+/m1/s1. The Bertz CT molecular complexity index is 421.